The number of hydrogen-bond acceptors (Lipinski definition) is 4. The average molecular weight is 533 g/mol. The number of aliphatic imine (C=N–C) groups is 1. The Morgan fingerprint density at radius 3 is 2.67 bits per heavy atom. The number of rotatable bonds is 2. The minimum Gasteiger partial charge on any atom is -0.506 e. The summed E-state index contributed by atoms with van der Waals surface area (Å²) >= 11 is 11.3. The van der Waals surface area contributed by atoms with E-state index in [1.165, 1.54) is 11.8 Å². The fraction of sp³-hybridized carbons (Fsp3) is 0. The van der Waals surface area contributed by atoms with Gasteiger partial charge in [0.2, 0.25) is 0 Å². The van der Waals surface area contributed by atoms with Crippen LogP contribution in [-0.2, 0) is 4.79 Å². The molecule has 0 aromatic heterocycles. The molecule has 3 rings (SSSR count). The molecule has 1 fully saturated rings. The number of nitrogens with zero attached hydrogens (tertiary/aromatic N) is 1. The summed E-state index contributed by atoms with van der Waals surface area (Å²) in [7, 11) is 0. The van der Waals surface area contributed by atoms with E-state index < -0.39 is 0 Å². The van der Waals surface area contributed by atoms with Crippen LogP contribution >= 0.6 is 59.6 Å². The van der Waals surface area contributed by atoms with Gasteiger partial charge in [0.25, 0.3) is 5.91 Å². The first-order valence-electron chi connectivity index (χ1n) is 6.65. The zero-order valence-electron chi connectivity index (χ0n) is 11.9. The van der Waals surface area contributed by atoms with Gasteiger partial charge < -0.3 is 10.4 Å². The molecule has 2 aromatic carbocycles. The molecule has 0 unspecified atom stereocenters. The van der Waals surface area contributed by atoms with Crippen molar-refractivity contribution >= 4 is 82.4 Å². The fourth-order valence-electron chi connectivity index (χ4n) is 1.98. The Morgan fingerprint density at radius 1 is 1.12 bits per heavy atom. The van der Waals surface area contributed by atoms with Crippen molar-refractivity contribution in [2.24, 2.45) is 4.99 Å². The number of hydrogen-bond donors (Lipinski definition) is 2. The van der Waals surface area contributed by atoms with E-state index in [-0.39, 0.29) is 11.7 Å². The maximum Gasteiger partial charge on any atom is 0.264 e. The van der Waals surface area contributed by atoms with Crippen LogP contribution in [0, 0.1) is 0 Å². The number of phenolic OH excluding ortho intramolecular Hbond substituents is 1. The van der Waals surface area contributed by atoms with E-state index in [1.807, 2.05) is 24.3 Å². The van der Waals surface area contributed by atoms with Crippen molar-refractivity contribution in [2.75, 3.05) is 0 Å². The van der Waals surface area contributed by atoms with Gasteiger partial charge in [0, 0.05) is 14.5 Å². The number of carbonyl (C=O) groups is 1. The average Bonchev–Trinajstić information content (AvgIpc) is 2.84. The first kappa shape index (κ1) is 17.7. The summed E-state index contributed by atoms with van der Waals surface area (Å²) in [6.45, 7) is 0. The van der Waals surface area contributed by atoms with Crippen LogP contribution in [0.3, 0.4) is 0 Å². The smallest absolute Gasteiger partial charge is 0.264 e. The monoisotopic (exact) mass is 530 g/mol. The van der Waals surface area contributed by atoms with Crippen LogP contribution in [0.25, 0.3) is 6.08 Å². The van der Waals surface area contributed by atoms with Crippen molar-refractivity contribution in [3.63, 3.8) is 0 Å². The molecule has 122 valence electrons. The lowest BCUT2D eigenvalue weighted by Gasteiger charge is -2.03. The molecule has 1 amide bonds. The Bertz CT molecular complexity index is 897. The quantitative estimate of drug-likeness (QED) is 0.497. The van der Waals surface area contributed by atoms with E-state index in [9.17, 15) is 9.90 Å². The molecule has 2 N–H and O–H groups in total. The molecule has 0 spiro atoms. The molecule has 2 aromatic rings. The standard InChI is InChI=1S/C16H9Br3N2O2S/c17-9-2-1-3-11(6-9)20-16-21-15(23)13(24-16)5-8-4-10(18)7-12(19)14(8)22/h1-7,22H,(H,20,21,23)/b13-5-. The van der Waals surface area contributed by atoms with Crippen molar-refractivity contribution in [3.8, 4) is 5.75 Å². The second kappa shape index (κ2) is 7.43. The summed E-state index contributed by atoms with van der Waals surface area (Å²) in [5.74, 6) is -0.166. The van der Waals surface area contributed by atoms with Crippen LogP contribution in [0.5, 0.6) is 5.75 Å². The Kier molecular flexibility index (Phi) is 5.49. The van der Waals surface area contributed by atoms with Crippen molar-refractivity contribution < 1.29 is 9.90 Å². The van der Waals surface area contributed by atoms with Gasteiger partial charge >= 0.3 is 0 Å². The van der Waals surface area contributed by atoms with E-state index >= 15 is 0 Å². The lowest BCUT2D eigenvalue weighted by molar-refractivity contribution is -0.115. The predicted molar refractivity (Wildman–Crippen MR) is 108 cm³/mol. The number of aromatic hydroxyl groups is 1. The number of thioether (sulfide) groups is 1. The molecular weight excluding hydrogens is 524 g/mol. The third kappa shape index (κ3) is 4.11. The van der Waals surface area contributed by atoms with Gasteiger partial charge in [-0.15, -0.1) is 0 Å². The molecule has 1 aliphatic heterocycles. The van der Waals surface area contributed by atoms with Gasteiger partial charge in [-0.2, -0.15) is 0 Å². The minimum absolute atomic E-state index is 0.0801. The highest BCUT2D eigenvalue weighted by atomic mass is 79.9. The number of nitrogens with one attached hydrogen (secondary N) is 1. The molecule has 0 aliphatic carbocycles. The molecule has 1 heterocycles. The maximum atomic E-state index is 12.1. The van der Waals surface area contributed by atoms with E-state index in [1.54, 1.807) is 18.2 Å². The molecule has 24 heavy (non-hydrogen) atoms. The third-order valence-corrected chi connectivity index (χ3v) is 5.50. The number of benzene rings is 2. The van der Waals surface area contributed by atoms with E-state index in [4.69, 9.17) is 0 Å². The summed E-state index contributed by atoms with van der Waals surface area (Å²) in [5.41, 5.74) is 1.28. The predicted octanol–water partition coefficient (Wildman–Crippen LogP) is 5.57. The van der Waals surface area contributed by atoms with Gasteiger partial charge in [-0.25, -0.2) is 4.99 Å². The first-order chi connectivity index (χ1) is 11.4. The van der Waals surface area contributed by atoms with Gasteiger partial charge in [-0.1, -0.05) is 37.9 Å². The second-order valence-corrected chi connectivity index (χ2v) is 8.50. The van der Waals surface area contributed by atoms with Gasteiger partial charge in [0.05, 0.1) is 15.1 Å². The van der Waals surface area contributed by atoms with Crippen LogP contribution in [0.1, 0.15) is 5.56 Å². The molecule has 0 atom stereocenters. The Hall–Kier alpha value is -1.09. The minimum atomic E-state index is -0.246. The highest BCUT2D eigenvalue weighted by Crippen LogP contribution is 2.36. The SMILES string of the molecule is O=C1NC(=Nc2cccc(Br)c2)S/C1=C\c1cc(Br)cc(Br)c1O. The molecule has 0 bridgehead atoms. The highest BCUT2D eigenvalue weighted by Gasteiger charge is 2.24. The van der Waals surface area contributed by atoms with Crippen molar-refractivity contribution in [2.45, 2.75) is 0 Å². The zero-order chi connectivity index (χ0) is 17.3. The van der Waals surface area contributed by atoms with Crippen LogP contribution in [0.2, 0.25) is 0 Å². The third-order valence-electron chi connectivity index (χ3n) is 3.03. The lowest BCUT2D eigenvalue weighted by atomic mass is 10.2. The summed E-state index contributed by atoms with van der Waals surface area (Å²) in [6, 6.07) is 11.0. The van der Waals surface area contributed by atoms with Crippen molar-refractivity contribution in [1.29, 1.82) is 0 Å². The normalized spacial score (nSPS) is 17.5. The van der Waals surface area contributed by atoms with E-state index in [0.717, 1.165) is 14.6 Å². The van der Waals surface area contributed by atoms with E-state index in [0.29, 0.717) is 20.1 Å². The number of amides is 1. The molecule has 1 saturated heterocycles. The summed E-state index contributed by atoms with van der Waals surface area (Å²) in [5, 5.41) is 13.3. The topological polar surface area (TPSA) is 61.7 Å². The maximum absolute atomic E-state index is 12.1. The molecule has 1 aliphatic rings. The summed E-state index contributed by atoms with van der Waals surface area (Å²) in [4.78, 5) is 17.0. The van der Waals surface area contributed by atoms with Gasteiger partial charge in [0.1, 0.15) is 5.75 Å². The Balaban J connectivity index is 1.90. The summed E-state index contributed by atoms with van der Waals surface area (Å²) in [6.07, 6.45) is 1.63. The molecule has 0 saturated carbocycles. The van der Waals surface area contributed by atoms with Gasteiger partial charge in [-0.3, -0.25) is 4.79 Å². The van der Waals surface area contributed by atoms with Crippen molar-refractivity contribution in [3.05, 3.63) is 60.3 Å². The molecule has 0 radical (unpaired) electrons. The Labute approximate surface area is 167 Å². The van der Waals surface area contributed by atoms with Crippen LogP contribution in [-0.4, -0.2) is 16.2 Å². The highest BCUT2D eigenvalue weighted by molar-refractivity contribution is 9.11. The Morgan fingerprint density at radius 2 is 1.92 bits per heavy atom. The number of halogens is 3. The number of phenols is 1. The van der Waals surface area contributed by atoms with Crippen LogP contribution < -0.4 is 5.32 Å². The molecule has 4 nitrogen and oxygen atoms in total. The van der Waals surface area contributed by atoms with Crippen LogP contribution in [0.4, 0.5) is 5.69 Å². The summed E-state index contributed by atoms with van der Waals surface area (Å²) < 4.78 is 2.26. The van der Waals surface area contributed by atoms with Gasteiger partial charge in [-0.05, 0) is 64.1 Å². The zero-order valence-corrected chi connectivity index (χ0v) is 17.5. The number of carbonyl (C=O) groups excluding carboxylic acids is 1. The number of amidine groups is 1. The largest absolute Gasteiger partial charge is 0.506 e. The lowest BCUT2D eigenvalue weighted by Crippen LogP contribution is -2.19. The van der Waals surface area contributed by atoms with Crippen molar-refractivity contribution in [1.82, 2.24) is 5.32 Å². The molecular formula is C16H9Br3N2O2S. The second-order valence-electron chi connectivity index (χ2n) is 4.79. The molecule has 8 heteroatoms. The van der Waals surface area contributed by atoms with Crippen LogP contribution in [0.15, 0.2) is 59.7 Å². The fourth-order valence-corrected chi connectivity index (χ4v) is 4.46. The first-order valence-corrected chi connectivity index (χ1v) is 9.85. The van der Waals surface area contributed by atoms with Gasteiger partial charge in [0.15, 0.2) is 5.17 Å². The van der Waals surface area contributed by atoms with E-state index in [2.05, 4.69) is 58.1 Å².